The predicted molar refractivity (Wildman–Crippen MR) is 83.0 cm³/mol. The molecule has 1 rings (SSSR count). The Morgan fingerprint density at radius 3 is 2.22 bits per heavy atom. The minimum atomic E-state index is 0.984. The number of hydrogen-bond donors (Lipinski definition) is 0. The molecule has 18 heavy (non-hydrogen) atoms. The molecule has 0 saturated heterocycles. The molecule has 0 aromatic rings. The normalized spacial score (nSPS) is 19.0. The molecular formula is C18H36. The maximum Gasteiger partial charge on any atom is -0.0414 e. The van der Waals surface area contributed by atoms with Gasteiger partial charge in [-0.2, -0.15) is 0 Å². The van der Waals surface area contributed by atoms with Gasteiger partial charge < -0.3 is 0 Å². The van der Waals surface area contributed by atoms with Crippen LogP contribution in [0.2, 0.25) is 0 Å². The van der Waals surface area contributed by atoms with E-state index in [0.717, 1.165) is 11.8 Å². The van der Waals surface area contributed by atoms with Crippen LogP contribution < -0.4 is 0 Å². The molecule has 1 fully saturated rings. The molecule has 0 spiro atoms. The van der Waals surface area contributed by atoms with E-state index in [1.807, 2.05) is 0 Å². The van der Waals surface area contributed by atoms with Crippen molar-refractivity contribution in [2.24, 2.45) is 11.8 Å². The third kappa shape index (κ3) is 8.16. The van der Waals surface area contributed by atoms with Crippen molar-refractivity contribution in [3.63, 3.8) is 0 Å². The first-order valence-corrected chi connectivity index (χ1v) is 8.83. The van der Waals surface area contributed by atoms with Gasteiger partial charge in [0.2, 0.25) is 0 Å². The summed E-state index contributed by atoms with van der Waals surface area (Å²) >= 11 is 0. The van der Waals surface area contributed by atoms with Gasteiger partial charge in [0.05, 0.1) is 0 Å². The molecule has 108 valence electrons. The highest BCUT2D eigenvalue weighted by atomic mass is 14.2. The zero-order chi connectivity index (χ0) is 13.1. The predicted octanol–water partition coefficient (Wildman–Crippen LogP) is 6.73. The third-order valence-corrected chi connectivity index (χ3v) is 4.84. The zero-order valence-electron chi connectivity index (χ0n) is 13.1. The summed E-state index contributed by atoms with van der Waals surface area (Å²) in [5, 5.41) is 0. The summed E-state index contributed by atoms with van der Waals surface area (Å²) in [5.74, 6) is 2.07. The van der Waals surface area contributed by atoms with Crippen molar-refractivity contribution in [1.29, 1.82) is 0 Å². The monoisotopic (exact) mass is 252 g/mol. The van der Waals surface area contributed by atoms with Crippen molar-refractivity contribution >= 4 is 0 Å². The average Bonchev–Trinajstić information content (AvgIpc) is 2.41. The zero-order valence-corrected chi connectivity index (χ0v) is 13.1. The van der Waals surface area contributed by atoms with Gasteiger partial charge in [-0.15, -0.1) is 0 Å². The Balaban J connectivity index is 1.88. The van der Waals surface area contributed by atoms with Gasteiger partial charge >= 0.3 is 0 Å². The number of rotatable bonds is 10. The third-order valence-electron chi connectivity index (χ3n) is 4.84. The molecule has 0 radical (unpaired) electrons. The van der Waals surface area contributed by atoms with Crippen molar-refractivity contribution in [2.45, 2.75) is 104 Å². The summed E-state index contributed by atoms with van der Waals surface area (Å²) in [5.41, 5.74) is 0. The molecule has 0 bridgehead atoms. The fourth-order valence-electron chi connectivity index (χ4n) is 3.41. The molecule has 0 aromatic heterocycles. The van der Waals surface area contributed by atoms with E-state index in [9.17, 15) is 0 Å². The van der Waals surface area contributed by atoms with E-state index in [1.54, 1.807) is 0 Å². The Morgan fingerprint density at radius 2 is 1.50 bits per heavy atom. The minimum absolute atomic E-state index is 0.984. The highest BCUT2D eigenvalue weighted by molar-refractivity contribution is 4.67. The summed E-state index contributed by atoms with van der Waals surface area (Å²) in [6.45, 7) is 4.78. The molecular weight excluding hydrogens is 216 g/mol. The Labute approximate surface area is 116 Å². The Morgan fingerprint density at radius 1 is 0.833 bits per heavy atom. The van der Waals surface area contributed by atoms with Crippen LogP contribution in [0.25, 0.3) is 0 Å². The molecule has 1 saturated carbocycles. The summed E-state index contributed by atoms with van der Waals surface area (Å²) in [6, 6.07) is 0. The Bertz CT molecular complexity index is 167. The van der Waals surface area contributed by atoms with E-state index < -0.39 is 0 Å². The van der Waals surface area contributed by atoms with E-state index >= 15 is 0 Å². The van der Waals surface area contributed by atoms with E-state index in [1.165, 1.54) is 89.9 Å². The molecule has 0 nitrogen and oxygen atoms in total. The maximum absolute atomic E-state index is 2.48. The van der Waals surface area contributed by atoms with Gasteiger partial charge in [0.25, 0.3) is 0 Å². The van der Waals surface area contributed by atoms with Crippen molar-refractivity contribution < 1.29 is 0 Å². The van der Waals surface area contributed by atoms with Crippen LogP contribution >= 0.6 is 0 Å². The Kier molecular flexibility index (Phi) is 9.70. The van der Waals surface area contributed by atoms with E-state index in [0.29, 0.717) is 0 Å². The van der Waals surface area contributed by atoms with Crippen molar-refractivity contribution in [3.8, 4) is 0 Å². The van der Waals surface area contributed by atoms with Crippen LogP contribution in [0.4, 0.5) is 0 Å². The molecule has 0 aliphatic heterocycles. The van der Waals surface area contributed by atoms with Crippen LogP contribution in [0, 0.1) is 11.8 Å². The first-order valence-electron chi connectivity index (χ1n) is 8.83. The van der Waals surface area contributed by atoms with Gasteiger partial charge in [0, 0.05) is 0 Å². The first-order chi connectivity index (χ1) is 8.83. The van der Waals surface area contributed by atoms with Crippen LogP contribution in [-0.4, -0.2) is 0 Å². The topological polar surface area (TPSA) is 0 Å². The van der Waals surface area contributed by atoms with E-state index in [-0.39, 0.29) is 0 Å². The van der Waals surface area contributed by atoms with Crippen molar-refractivity contribution in [1.82, 2.24) is 0 Å². The smallest absolute Gasteiger partial charge is 0.0414 e. The summed E-state index contributed by atoms with van der Waals surface area (Å²) < 4.78 is 0. The Hall–Kier alpha value is 0. The van der Waals surface area contributed by atoms with Gasteiger partial charge in [-0.05, 0) is 11.8 Å². The van der Waals surface area contributed by atoms with Crippen LogP contribution in [0.1, 0.15) is 104 Å². The molecule has 1 aliphatic rings. The lowest BCUT2D eigenvalue weighted by Crippen LogP contribution is -2.08. The maximum atomic E-state index is 2.48. The molecule has 0 unspecified atom stereocenters. The van der Waals surface area contributed by atoms with Gasteiger partial charge in [0.15, 0.2) is 0 Å². The highest BCUT2D eigenvalue weighted by Gasteiger charge is 2.14. The van der Waals surface area contributed by atoms with Gasteiger partial charge in [-0.1, -0.05) is 104 Å². The van der Waals surface area contributed by atoms with Crippen molar-refractivity contribution in [3.05, 3.63) is 0 Å². The first kappa shape index (κ1) is 16.1. The average molecular weight is 252 g/mol. The molecule has 0 N–H and O–H groups in total. The second-order valence-electron chi connectivity index (χ2n) is 6.74. The van der Waals surface area contributed by atoms with E-state index in [2.05, 4.69) is 13.8 Å². The van der Waals surface area contributed by atoms with E-state index in [4.69, 9.17) is 0 Å². The van der Waals surface area contributed by atoms with Gasteiger partial charge in [0.1, 0.15) is 0 Å². The van der Waals surface area contributed by atoms with Crippen LogP contribution in [0.3, 0.4) is 0 Å². The molecule has 0 heteroatoms. The summed E-state index contributed by atoms with van der Waals surface area (Å²) in [4.78, 5) is 0. The van der Waals surface area contributed by atoms with Crippen molar-refractivity contribution in [2.75, 3.05) is 0 Å². The highest BCUT2D eigenvalue weighted by Crippen LogP contribution is 2.29. The minimum Gasteiger partial charge on any atom is -0.0654 e. The summed E-state index contributed by atoms with van der Waals surface area (Å²) in [7, 11) is 0. The molecule has 0 aromatic carbocycles. The van der Waals surface area contributed by atoms with Gasteiger partial charge in [-0.3, -0.25) is 0 Å². The van der Waals surface area contributed by atoms with Crippen LogP contribution in [-0.2, 0) is 0 Å². The van der Waals surface area contributed by atoms with Gasteiger partial charge in [-0.25, -0.2) is 0 Å². The molecule has 1 aliphatic carbocycles. The standard InChI is InChI=1S/C18H36/c1-3-4-5-6-7-9-12-17(2)15-16-18-13-10-8-11-14-18/h17-18H,3-16H2,1-2H3/t17-/m1/s1. The lowest BCUT2D eigenvalue weighted by atomic mass is 9.83. The van der Waals surface area contributed by atoms with Crippen LogP contribution in [0.5, 0.6) is 0 Å². The fraction of sp³-hybridized carbons (Fsp3) is 1.00. The lowest BCUT2D eigenvalue weighted by Gasteiger charge is -2.23. The largest absolute Gasteiger partial charge is 0.0654 e. The second-order valence-corrected chi connectivity index (χ2v) is 6.74. The summed E-state index contributed by atoms with van der Waals surface area (Å²) in [6.07, 6.45) is 20.8. The molecule has 0 amide bonds. The van der Waals surface area contributed by atoms with Crippen LogP contribution in [0.15, 0.2) is 0 Å². The molecule has 0 heterocycles. The number of unbranched alkanes of at least 4 members (excludes halogenated alkanes) is 5. The lowest BCUT2D eigenvalue weighted by molar-refractivity contribution is 0.306. The SMILES string of the molecule is CCCCCCCC[C@@H](C)CCC1CCCCC1. The fourth-order valence-corrected chi connectivity index (χ4v) is 3.41. The number of hydrogen-bond acceptors (Lipinski definition) is 0. The molecule has 1 atom stereocenters. The quantitative estimate of drug-likeness (QED) is 0.378. The second kappa shape index (κ2) is 10.9.